The van der Waals surface area contributed by atoms with Crippen LogP contribution in [0.3, 0.4) is 0 Å². The molecule has 4 amide bonds. The number of benzene rings is 2. The average molecular weight is 366 g/mol. The van der Waals surface area contributed by atoms with Crippen molar-refractivity contribution in [2.45, 2.75) is 44.6 Å². The van der Waals surface area contributed by atoms with Crippen molar-refractivity contribution >= 4 is 29.1 Å². The molecule has 0 aromatic heterocycles. The van der Waals surface area contributed by atoms with E-state index in [0.717, 1.165) is 12.8 Å². The van der Waals surface area contributed by atoms with Crippen molar-refractivity contribution in [3.8, 4) is 0 Å². The van der Waals surface area contributed by atoms with Gasteiger partial charge in [0, 0.05) is 23.1 Å². The molecule has 1 aliphatic carbocycles. The molecule has 1 saturated carbocycles. The van der Waals surface area contributed by atoms with Crippen LogP contribution in [0.5, 0.6) is 0 Å². The largest absolute Gasteiger partial charge is 0.335 e. The van der Waals surface area contributed by atoms with Crippen molar-refractivity contribution < 1.29 is 9.59 Å². The zero-order valence-electron chi connectivity index (χ0n) is 15.3. The van der Waals surface area contributed by atoms with Crippen LogP contribution < -0.4 is 21.3 Å². The lowest BCUT2D eigenvalue weighted by Crippen LogP contribution is -2.37. The molecule has 6 heteroatoms. The molecule has 2 aromatic carbocycles. The molecule has 3 rings (SSSR count). The first-order valence-electron chi connectivity index (χ1n) is 9.50. The van der Waals surface area contributed by atoms with E-state index in [1.807, 2.05) is 30.3 Å². The topological polar surface area (TPSA) is 82.3 Å². The van der Waals surface area contributed by atoms with Crippen LogP contribution in [-0.2, 0) is 0 Å². The van der Waals surface area contributed by atoms with Crippen molar-refractivity contribution in [1.29, 1.82) is 0 Å². The molecule has 0 bridgehead atoms. The second kappa shape index (κ2) is 9.62. The van der Waals surface area contributed by atoms with E-state index < -0.39 is 0 Å². The quantitative estimate of drug-likeness (QED) is 0.563. The first kappa shape index (κ1) is 18.8. The molecule has 1 aliphatic rings. The van der Waals surface area contributed by atoms with Gasteiger partial charge in [0.2, 0.25) is 0 Å². The number of para-hydroxylation sites is 1. The Hall–Kier alpha value is -3.02. The van der Waals surface area contributed by atoms with E-state index in [9.17, 15) is 9.59 Å². The van der Waals surface area contributed by atoms with Gasteiger partial charge in [0.1, 0.15) is 0 Å². The summed E-state index contributed by atoms with van der Waals surface area (Å²) in [6.45, 7) is 0. The number of hydrogen-bond donors (Lipinski definition) is 4. The minimum atomic E-state index is -0.332. The van der Waals surface area contributed by atoms with E-state index in [4.69, 9.17) is 0 Å². The Morgan fingerprint density at radius 2 is 1.22 bits per heavy atom. The van der Waals surface area contributed by atoms with Crippen LogP contribution in [0.1, 0.15) is 38.5 Å². The van der Waals surface area contributed by atoms with Crippen molar-refractivity contribution in [3.63, 3.8) is 0 Å². The number of hydrogen-bond acceptors (Lipinski definition) is 2. The van der Waals surface area contributed by atoms with Gasteiger partial charge in [0.05, 0.1) is 0 Å². The second-order valence-electron chi connectivity index (χ2n) is 6.81. The maximum Gasteiger partial charge on any atom is 0.323 e. The van der Waals surface area contributed by atoms with Crippen molar-refractivity contribution in [1.82, 2.24) is 5.32 Å². The lowest BCUT2D eigenvalue weighted by molar-refractivity contribution is 0.247. The number of nitrogens with one attached hydrogen (secondary N) is 4. The number of carbonyl (C=O) groups is 2. The monoisotopic (exact) mass is 366 g/mol. The van der Waals surface area contributed by atoms with E-state index in [0.29, 0.717) is 17.1 Å². The Morgan fingerprint density at radius 1 is 0.667 bits per heavy atom. The number of anilines is 3. The van der Waals surface area contributed by atoms with Crippen molar-refractivity contribution in [3.05, 3.63) is 54.6 Å². The molecule has 27 heavy (non-hydrogen) atoms. The first-order chi connectivity index (χ1) is 13.2. The van der Waals surface area contributed by atoms with Gasteiger partial charge < -0.3 is 21.3 Å². The summed E-state index contributed by atoms with van der Waals surface area (Å²) in [5.74, 6) is 0. The summed E-state index contributed by atoms with van der Waals surface area (Å²) in [5, 5.41) is 11.4. The average Bonchev–Trinajstić information content (AvgIpc) is 2.91. The third kappa shape index (κ3) is 6.33. The smallest absolute Gasteiger partial charge is 0.323 e. The van der Waals surface area contributed by atoms with E-state index in [2.05, 4.69) is 21.3 Å². The first-order valence-corrected chi connectivity index (χ1v) is 9.50. The van der Waals surface area contributed by atoms with Gasteiger partial charge in [-0.25, -0.2) is 9.59 Å². The Bertz CT molecular complexity index is 756. The predicted octanol–water partition coefficient (Wildman–Crippen LogP) is 5.17. The van der Waals surface area contributed by atoms with Crippen LogP contribution in [0.2, 0.25) is 0 Å². The molecule has 0 radical (unpaired) electrons. The zero-order valence-corrected chi connectivity index (χ0v) is 15.3. The third-order valence-electron chi connectivity index (χ3n) is 4.60. The van der Waals surface area contributed by atoms with Gasteiger partial charge in [-0.05, 0) is 43.2 Å². The molecule has 6 nitrogen and oxygen atoms in total. The molecule has 2 aromatic rings. The Balaban J connectivity index is 1.52. The summed E-state index contributed by atoms with van der Waals surface area (Å²) in [6.07, 6.45) is 6.90. The van der Waals surface area contributed by atoms with Gasteiger partial charge in [-0.1, -0.05) is 49.9 Å². The normalized spacial score (nSPS) is 14.7. The summed E-state index contributed by atoms with van der Waals surface area (Å²) < 4.78 is 0. The van der Waals surface area contributed by atoms with Crippen molar-refractivity contribution in [2.75, 3.05) is 16.0 Å². The molecule has 4 N–H and O–H groups in total. The summed E-state index contributed by atoms with van der Waals surface area (Å²) in [7, 11) is 0. The highest BCUT2D eigenvalue weighted by atomic mass is 16.2. The maximum atomic E-state index is 12.2. The molecule has 0 unspecified atom stereocenters. The fourth-order valence-corrected chi connectivity index (χ4v) is 3.27. The van der Waals surface area contributed by atoms with Gasteiger partial charge in [-0.15, -0.1) is 0 Å². The summed E-state index contributed by atoms with van der Waals surface area (Å²) in [4.78, 5) is 24.3. The molecule has 0 saturated heterocycles. The lowest BCUT2D eigenvalue weighted by atomic mass is 10.1. The van der Waals surface area contributed by atoms with Crippen LogP contribution in [-0.4, -0.2) is 18.1 Å². The molecule has 0 atom stereocenters. The molecule has 142 valence electrons. The van der Waals surface area contributed by atoms with Crippen LogP contribution in [0, 0.1) is 0 Å². The van der Waals surface area contributed by atoms with Crippen LogP contribution in [0.4, 0.5) is 26.7 Å². The highest BCUT2D eigenvalue weighted by Gasteiger charge is 2.14. The highest BCUT2D eigenvalue weighted by molar-refractivity contribution is 6.00. The van der Waals surface area contributed by atoms with Crippen LogP contribution >= 0.6 is 0 Å². The SMILES string of the molecule is O=C(Nc1ccccc1)Nc1cccc(NC(=O)NC2CCCCCC2)c1. The third-order valence-corrected chi connectivity index (χ3v) is 4.60. The maximum absolute atomic E-state index is 12.2. The summed E-state index contributed by atoms with van der Waals surface area (Å²) in [6, 6.07) is 16.0. The fourth-order valence-electron chi connectivity index (χ4n) is 3.27. The minimum absolute atomic E-state index is 0.201. The Kier molecular flexibility index (Phi) is 6.68. The molecular formula is C21H26N4O2. The zero-order chi connectivity index (χ0) is 18.9. The van der Waals surface area contributed by atoms with E-state index >= 15 is 0 Å². The Morgan fingerprint density at radius 3 is 1.89 bits per heavy atom. The molecule has 0 heterocycles. The van der Waals surface area contributed by atoms with Gasteiger partial charge in [0.15, 0.2) is 0 Å². The van der Waals surface area contributed by atoms with Gasteiger partial charge >= 0.3 is 12.1 Å². The van der Waals surface area contributed by atoms with Gasteiger partial charge in [0.25, 0.3) is 0 Å². The van der Waals surface area contributed by atoms with Crippen LogP contribution in [0.25, 0.3) is 0 Å². The lowest BCUT2D eigenvalue weighted by Gasteiger charge is -2.17. The molecular weight excluding hydrogens is 340 g/mol. The van der Waals surface area contributed by atoms with Gasteiger partial charge in [-0.2, -0.15) is 0 Å². The Labute approximate surface area is 159 Å². The second-order valence-corrected chi connectivity index (χ2v) is 6.81. The number of amides is 4. The molecule has 0 spiro atoms. The number of carbonyl (C=O) groups excluding carboxylic acids is 2. The van der Waals surface area contributed by atoms with E-state index in [1.54, 1.807) is 24.3 Å². The van der Waals surface area contributed by atoms with E-state index in [1.165, 1.54) is 25.7 Å². The highest BCUT2D eigenvalue weighted by Crippen LogP contribution is 2.18. The van der Waals surface area contributed by atoms with Crippen LogP contribution in [0.15, 0.2) is 54.6 Å². The summed E-state index contributed by atoms with van der Waals surface area (Å²) >= 11 is 0. The number of urea groups is 2. The minimum Gasteiger partial charge on any atom is -0.335 e. The van der Waals surface area contributed by atoms with Crippen molar-refractivity contribution in [2.24, 2.45) is 0 Å². The van der Waals surface area contributed by atoms with E-state index in [-0.39, 0.29) is 18.1 Å². The predicted molar refractivity (Wildman–Crippen MR) is 109 cm³/mol. The standard InChI is InChI=1S/C21H26N4O2/c26-20(22-16-9-4-1-2-5-10-16)24-18-13-8-14-19(15-18)25-21(27)23-17-11-6-3-7-12-17/h3,6-8,11-16H,1-2,4-5,9-10H2,(H2,22,24,26)(H2,23,25,27). The summed E-state index contributed by atoms with van der Waals surface area (Å²) in [5.41, 5.74) is 1.96. The molecule has 0 aliphatic heterocycles. The fraction of sp³-hybridized carbons (Fsp3) is 0.333. The number of rotatable bonds is 4. The molecule has 1 fully saturated rings. The van der Waals surface area contributed by atoms with Gasteiger partial charge in [-0.3, -0.25) is 0 Å².